The molecule has 0 heterocycles. The minimum absolute atomic E-state index is 0.0818. The summed E-state index contributed by atoms with van der Waals surface area (Å²) in [5.41, 5.74) is 5.80. The van der Waals surface area contributed by atoms with Gasteiger partial charge in [-0.3, -0.25) is 4.79 Å². The Balaban J connectivity index is 2.31. The minimum Gasteiger partial charge on any atom is -0.385 e. The highest BCUT2D eigenvalue weighted by atomic mass is 16.1. The maximum absolute atomic E-state index is 12.5. The third-order valence-corrected chi connectivity index (χ3v) is 3.45. The first kappa shape index (κ1) is 15.1. The summed E-state index contributed by atoms with van der Waals surface area (Å²) in [6, 6.07) is 11.7. The molecule has 0 fully saturated rings. The molecule has 0 aliphatic heterocycles. The molecule has 0 atom stereocenters. The zero-order chi connectivity index (χ0) is 15.4. The van der Waals surface area contributed by atoms with Gasteiger partial charge in [0.1, 0.15) is 0 Å². The molecule has 2 N–H and O–H groups in total. The van der Waals surface area contributed by atoms with Gasteiger partial charge in [-0.15, -0.1) is 0 Å². The lowest BCUT2D eigenvalue weighted by Gasteiger charge is -2.15. The number of hydrogen-bond acceptors (Lipinski definition) is 2. The van der Waals surface area contributed by atoms with Crippen LogP contribution in [-0.2, 0) is 0 Å². The summed E-state index contributed by atoms with van der Waals surface area (Å²) in [6.07, 6.45) is 0. The van der Waals surface area contributed by atoms with Gasteiger partial charge in [0.05, 0.1) is 5.56 Å². The van der Waals surface area contributed by atoms with E-state index < -0.39 is 0 Å². The average Bonchev–Trinajstić information content (AvgIpc) is 2.43. The first-order valence-corrected chi connectivity index (χ1v) is 7.25. The standard InChI is InChI=1S/C18H22N2O/c1-5-19-16-9-7-6-8-15(16)18(21)20-17-13(3)10-12(2)11-14(17)4/h6-11,19H,5H2,1-4H3,(H,20,21). The zero-order valence-electron chi connectivity index (χ0n) is 13.1. The molecule has 1 amide bonds. The van der Waals surface area contributed by atoms with E-state index in [1.54, 1.807) is 0 Å². The Kier molecular flexibility index (Phi) is 4.63. The second-order valence-corrected chi connectivity index (χ2v) is 5.30. The highest BCUT2D eigenvalue weighted by Crippen LogP contribution is 2.24. The quantitative estimate of drug-likeness (QED) is 0.878. The van der Waals surface area contributed by atoms with Gasteiger partial charge in [0.25, 0.3) is 5.91 Å². The number of para-hydroxylation sites is 1. The SMILES string of the molecule is CCNc1ccccc1C(=O)Nc1c(C)cc(C)cc1C. The lowest BCUT2D eigenvalue weighted by atomic mass is 10.0. The van der Waals surface area contributed by atoms with Crippen LogP contribution in [0, 0.1) is 20.8 Å². The molecule has 0 radical (unpaired) electrons. The highest BCUT2D eigenvalue weighted by Gasteiger charge is 2.13. The molecule has 0 spiro atoms. The van der Waals surface area contributed by atoms with Crippen molar-refractivity contribution in [1.82, 2.24) is 0 Å². The Labute approximate surface area is 126 Å². The van der Waals surface area contributed by atoms with E-state index in [4.69, 9.17) is 0 Å². The first-order chi connectivity index (χ1) is 10.0. The summed E-state index contributed by atoms with van der Waals surface area (Å²) < 4.78 is 0. The van der Waals surface area contributed by atoms with E-state index in [1.807, 2.05) is 45.0 Å². The summed E-state index contributed by atoms with van der Waals surface area (Å²) >= 11 is 0. The van der Waals surface area contributed by atoms with Gasteiger partial charge in [-0.1, -0.05) is 29.8 Å². The molecule has 2 aromatic rings. The van der Waals surface area contributed by atoms with Crippen LogP contribution in [0.15, 0.2) is 36.4 Å². The van der Waals surface area contributed by atoms with Gasteiger partial charge < -0.3 is 10.6 Å². The van der Waals surface area contributed by atoms with Gasteiger partial charge in [-0.2, -0.15) is 0 Å². The van der Waals surface area contributed by atoms with Crippen molar-refractivity contribution in [1.29, 1.82) is 0 Å². The van der Waals surface area contributed by atoms with E-state index in [2.05, 4.69) is 29.7 Å². The van der Waals surface area contributed by atoms with Crippen LogP contribution >= 0.6 is 0 Å². The molecule has 0 aliphatic rings. The van der Waals surface area contributed by atoms with E-state index in [9.17, 15) is 4.79 Å². The Bertz CT molecular complexity index is 639. The lowest BCUT2D eigenvalue weighted by Crippen LogP contribution is -2.16. The smallest absolute Gasteiger partial charge is 0.257 e. The molecule has 21 heavy (non-hydrogen) atoms. The Morgan fingerprint density at radius 3 is 2.29 bits per heavy atom. The number of benzene rings is 2. The molecule has 0 aliphatic carbocycles. The van der Waals surface area contributed by atoms with Crippen molar-refractivity contribution in [2.45, 2.75) is 27.7 Å². The third kappa shape index (κ3) is 3.43. The maximum atomic E-state index is 12.5. The fourth-order valence-electron chi connectivity index (χ4n) is 2.58. The maximum Gasteiger partial charge on any atom is 0.257 e. The lowest BCUT2D eigenvalue weighted by molar-refractivity contribution is 0.102. The van der Waals surface area contributed by atoms with E-state index in [1.165, 1.54) is 5.56 Å². The minimum atomic E-state index is -0.0818. The molecule has 2 aromatic carbocycles. The van der Waals surface area contributed by atoms with Crippen molar-refractivity contribution in [3.8, 4) is 0 Å². The summed E-state index contributed by atoms with van der Waals surface area (Å²) in [5, 5.41) is 6.26. The first-order valence-electron chi connectivity index (χ1n) is 7.25. The van der Waals surface area contributed by atoms with Crippen LogP contribution in [-0.4, -0.2) is 12.5 Å². The van der Waals surface area contributed by atoms with Crippen molar-refractivity contribution in [2.24, 2.45) is 0 Å². The molecule has 2 rings (SSSR count). The van der Waals surface area contributed by atoms with Gasteiger partial charge in [0.2, 0.25) is 0 Å². The Hall–Kier alpha value is -2.29. The van der Waals surface area contributed by atoms with Crippen LogP contribution in [0.2, 0.25) is 0 Å². The number of anilines is 2. The molecule has 0 aromatic heterocycles. The predicted octanol–water partition coefficient (Wildman–Crippen LogP) is 4.30. The molecule has 3 nitrogen and oxygen atoms in total. The van der Waals surface area contributed by atoms with Crippen LogP contribution in [0.1, 0.15) is 34.0 Å². The molecule has 0 saturated carbocycles. The van der Waals surface area contributed by atoms with Crippen molar-refractivity contribution in [2.75, 3.05) is 17.2 Å². The van der Waals surface area contributed by atoms with Crippen LogP contribution in [0.25, 0.3) is 0 Å². The van der Waals surface area contributed by atoms with Gasteiger partial charge in [-0.05, 0) is 51.0 Å². The summed E-state index contributed by atoms with van der Waals surface area (Å²) in [6.45, 7) is 8.90. The number of carbonyl (C=O) groups excluding carboxylic acids is 1. The molecule has 0 unspecified atom stereocenters. The molecule has 110 valence electrons. The summed E-state index contributed by atoms with van der Waals surface area (Å²) in [4.78, 5) is 12.5. The summed E-state index contributed by atoms with van der Waals surface area (Å²) in [5.74, 6) is -0.0818. The van der Waals surface area contributed by atoms with E-state index in [-0.39, 0.29) is 5.91 Å². The third-order valence-electron chi connectivity index (χ3n) is 3.45. The average molecular weight is 282 g/mol. The number of hydrogen-bond donors (Lipinski definition) is 2. The van der Waals surface area contributed by atoms with Crippen molar-refractivity contribution in [3.63, 3.8) is 0 Å². The molecular weight excluding hydrogens is 260 g/mol. The molecule has 0 saturated heterocycles. The number of amides is 1. The fourth-order valence-corrected chi connectivity index (χ4v) is 2.58. The predicted molar refractivity (Wildman–Crippen MR) is 89.2 cm³/mol. The molecular formula is C18H22N2O. The van der Waals surface area contributed by atoms with Gasteiger partial charge >= 0.3 is 0 Å². The van der Waals surface area contributed by atoms with E-state index in [0.29, 0.717) is 5.56 Å². The molecule has 0 bridgehead atoms. The monoisotopic (exact) mass is 282 g/mol. The van der Waals surface area contributed by atoms with Crippen LogP contribution in [0.4, 0.5) is 11.4 Å². The number of carbonyl (C=O) groups is 1. The van der Waals surface area contributed by atoms with Crippen molar-refractivity contribution < 1.29 is 4.79 Å². The highest BCUT2D eigenvalue weighted by molar-refractivity contribution is 6.08. The van der Waals surface area contributed by atoms with Gasteiger partial charge in [0.15, 0.2) is 0 Å². The van der Waals surface area contributed by atoms with Crippen LogP contribution < -0.4 is 10.6 Å². The fraction of sp³-hybridized carbons (Fsp3) is 0.278. The number of nitrogens with one attached hydrogen (secondary N) is 2. The van der Waals surface area contributed by atoms with Gasteiger partial charge in [0, 0.05) is 17.9 Å². The zero-order valence-corrected chi connectivity index (χ0v) is 13.1. The van der Waals surface area contributed by atoms with Crippen LogP contribution in [0.5, 0.6) is 0 Å². The van der Waals surface area contributed by atoms with Crippen molar-refractivity contribution in [3.05, 3.63) is 58.7 Å². The Morgan fingerprint density at radius 1 is 1.05 bits per heavy atom. The Morgan fingerprint density at radius 2 is 1.67 bits per heavy atom. The second-order valence-electron chi connectivity index (χ2n) is 5.30. The largest absolute Gasteiger partial charge is 0.385 e. The van der Waals surface area contributed by atoms with Crippen LogP contribution in [0.3, 0.4) is 0 Å². The topological polar surface area (TPSA) is 41.1 Å². The van der Waals surface area contributed by atoms with E-state index >= 15 is 0 Å². The number of aryl methyl sites for hydroxylation is 3. The second kappa shape index (κ2) is 6.44. The normalized spacial score (nSPS) is 10.3. The van der Waals surface area contributed by atoms with Gasteiger partial charge in [-0.25, -0.2) is 0 Å². The molecule has 3 heteroatoms. The van der Waals surface area contributed by atoms with E-state index in [0.717, 1.165) is 29.0 Å². The number of rotatable bonds is 4. The summed E-state index contributed by atoms with van der Waals surface area (Å²) in [7, 11) is 0. The van der Waals surface area contributed by atoms with Crippen molar-refractivity contribution >= 4 is 17.3 Å².